The summed E-state index contributed by atoms with van der Waals surface area (Å²) in [5, 5.41) is 5.07. The maximum Gasteiger partial charge on any atom is 0.0726 e. The summed E-state index contributed by atoms with van der Waals surface area (Å²) in [6.45, 7) is 0. The smallest absolute Gasteiger partial charge is 0.0726 e. The largest absolute Gasteiger partial charge is 0.310 e. The summed E-state index contributed by atoms with van der Waals surface area (Å²) in [5.41, 5.74) is 17.1. The van der Waals surface area contributed by atoms with Gasteiger partial charge in [0.1, 0.15) is 0 Å². The minimum absolute atomic E-state index is 0.433. The SMILES string of the molecule is c1ccc(-n2c3ccccc3c3ccc(N(c4ccc5c(c4)C4(c6ccccc6-c6ccccc64)c4ccccc4-5)c4ccc5sc6ccccc6c5c4)cc32)cc1. The van der Waals surface area contributed by atoms with Gasteiger partial charge in [-0.2, -0.15) is 0 Å². The van der Waals surface area contributed by atoms with Crippen LogP contribution in [0.4, 0.5) is 17.1 Å². The molecule has 3 heteroatoms. The maximum atomic E-state index is 2.50. The van der Waals surface area contributed by atoms with Gasteiger partial charge in [-0.1, -0.05) is 140 Å². The van der Waals surface area contributed by atoms with Crippen LogP contribution in [0, 0.1) is 0 Å². The van der Waals surface area contributed by atoms with Crippen molar-refractivity contribution in [3.8, 4) is 27.9 Å². The molecule has 2 aliphatic rings. The second kappa shape index (κ2) is 11.9. The number of anilines is 3. The van der Waals surface area contributed by atoms with Gasteiger partial charge in [-0.05, 0) is 111 Å². The van der Waals surface area contributed by atoms with Crippen LogP contribution < -0.4 is 4.90 Å². The van der Waals surface area contributed by atoms with Gasteiger partial charge in [-0.3, -0.25) is 0 Å². The summed E-state index contributed by atoms with van der Waals surface area (Å²) < 4.78 is 5.03. The van der Waals surface area contributed by atoms with Crippen molar-refractivity contribution in [3.05, 3.63) is 229 Å². The van der Waals surface area contributed by atoms with Crippen LogP contribution in [0.15, 0.2) is 206 Å². The predicted molar refractivity (Wildman–Crippen MR) is 245 cm³/mol. The van der Waals surface area contributed by atoms with Gasteiger partial charge in [0.05, 0.1) is 16.4 Å². The van der Waals surface area contributed by atoms with Crippen molar-refractivity contribution in [1.29, 1.82) is 0 Å². The number of rotatable bonds is 4. The van der Waals surface area contributed by atoms with Crippen LogP contribution in [0.25, 0.3) is 69.9 Å². The van der Waals surface area contributed by atoms with Crippen molar-refractivity contribution in [2.75, 3.05) is 4.90 Å². The van der Waals surface area contributed by atoms with E-state index in [0.717, 1.165) is 22.7 Å². The minimum atomic E-state index is -0.433. The average molecular weight is 755 g/mol. The zero-order valence-electron chi connectivity index (χ0n) is 31.4. The highest BCUT2D eigenvalue weighted by Crippen LogP contribution is 2.63. The van der Waals surface area contributed by atoms with Crippen molar-refractivity contribution >= 4 is 70.4 Å². The molecule has 0 saturated heterocycles. The molecule has 2 nitrogen and oxygen atoms in total. The molecule has 0 atom stereocenters. The van der Waals surface area contributed by atoms with Gasteiger partial charge >= 0.3 is 0 Å². The molecule has 2 aliphatic carbocycles. The summed E-state index contributed by atoms with van der Waals surface area (Å²) in [5.74, 6) is 0. The van der Waals surface area contributed by atoms with E-state index in [2.05, 4.69) is 216 Å². The van der Waals surface area contributed by atoms with Crippen molar-refractivity contribution in [2.45, 2.75) is 5.41 Å². The van der Waals surface area contributed by atoms with E-state index < -0.39 is 5.41 Å². The molecule has 270 valence electrons. The number of hydrogen-bond donors (Lipinski definition) is 0. The van der Waals surface area contributed by atoms with Gasteiger partial charge in [0.15, 0.2) is 0 Å². The monoisotopic (exact) mass is 754 g/mol. The first kappa shape index (κ1) is 31.9. The van der Waals surface area contributed by atoms with Crippen molar-refractivity contribution in [1.82, 2.24) is 4.57 Å². The van der Waals surface area contributed by atoms with Crippen LogP contribution in [0.5, 0.6) is 0 Å². The molecule has 0 N–H and O–H groups in total. The summed E-state index contributed by atoms with van der Waals surface area (Å²) in [6, 6.07) is 76.9. The van der Waals surface area contributed by atoms with Gasteiger partial charge in [0.2, 0.25) is 0 Å². The predicted octanol–water partition coefficient (Wildman–Crippen LogP) is 15.0. The van der Waals surface area contributed by atoms with Crippen LogP contribution in [-0.4, -0.2) is 4.57 Å². The molecule has 0 fully saturated rings. The Morgan fingerprint density at radius 3 is 1.60 bits per heavy atom. The van der Waals surface area contributed by atoms with Crippen molar-refractivity contribution in [3.63, 3.8) is 0 Å². The molecule has 58 heavy (non-hydrogen) atoms. The molecule has 0 unspecified atom stereocenters. The first-order valence-corrected chi connectivity index (χ1v) is 20.8. The zero-order valence-corrected chi connectivity index (χ0v) is 32.2. The Hall–Kier alpha value is -7.20. The Morgan fingerprint density at radius 1 is 0.345 bits per heavy atom. The summed E-state index contributed by atoms with van der Waals surface area (Å²) in [4.78, 5) is 2.49. The first-order valence-electron chi connectivity index (χ1n) is 20.0. The Morgan fingerprint density at radius 2 is 0.862 bits per heavy atom. The lowest BCUT2D eigenvalue weighted by Crippen LogP contribution is -2.26. The molecule has 2 heterocycles. The fourth-order valence-corrected chi connectivity index (χ4v) is 11.6. The normalized spacial score (nSPS) is 13.3. The highest BCUT2D eigenvalue weighted by atomic mass is 32.1. The number of hydrogen-bond acceptors (Lipinski definition) is 2. The summed E-state index contributed by atoms with van der Waals surface area (Å²) in [6.07, 6.45) is 0. The lowest BCUT2D eigenvalue weighted by molar-refractivity contribution is 0.793. The number of nitrogens with zero attached hydrogens (tertiary/aromatic N) is 2. The Bertz CT molecular complexity index is 3420. The molecule has 9 aromatic carbocycles. The third-order valence-electron chi connectivity index (χ3n) is 12.8. The third-order valence-corrected chi connectivity index (χ3v) is 13.9. The minimum Gasteiger partial charge on any atom is -0.310 e. The summed E-state index contributed by atoms with van der Waals surface area (Å²) in [7, 11) is 0. The van der Waals surface area contributed by atoms with Gasteiger partial charge < -0.3 is 9.47 Å². The van der Waals surface area contributed by atoms with Crippen molar-refractivity contribution in [2.24, 2.45) is 0 Å². The highest BCUT2D eigenvalue weighted by molar-refractivity contribution is 7.25. The third kappa shape index (κ3) is 4.21. The molecule has 0 aliphatic heterocycles. The standard InChI is InChI=1S/C55H34N2S/c1-2-14-35(15-3-1)57-51-24-12-7-19-43(51)44-30-27-38(34-52(44)57)56(36-28-31-54-46(32-36)45-20-8-13-25-53(45)58-54)37-26-29-42-41-18-6-11-23-49(41)55(50(42)33-37)47-21-9-4-16-39(47)40-17-5-10-22-48(40)55/h1-34H. The average Bonchev–Trinajstić information content (AvgIpc) is 4.00. The van der Waals surface area contributed by atoms with Gasteiger partial charge in [-0.15, -0.1) is 11.3 Å². The van der Waals surface area contributed by atoms with Crippen LogP contribution >= 0.6 is 11.3 Å². The number of aromatic nitrogens is 1. The number of thiophene rings is 1. The number of fused-ring (bicyclic) bond motifs is 16. The Kier molecular flexibility index (Phi) is 6.56. The zero-order chi connectivity index (χ0) is 38.0. The van der Waals surface area contributed by atoms with Crippen LogP contribution in [0.1, 0.15) is 22.3 Å². The van der Waals surface area contributed by atoms with E-state index in [0.29, 0.717) is 0 Å². The quantitative estimate of drug-likeness (QED) is 0.174. The first-order chi connectivity index (χ1) is 28.8. The molecule has 0 amide bonds. The Balaban J connectivity index is 1.11. The van der Waals surface area contributed by atoms with E-state index in [1.165, 1.54) is 86.5 Å². The van der Waals surface area contributed by atoms with Crippen LogP contribution in [-0.2, 0) is 5.41 Å². The van der Waals surface area contributed by atoms with E-state index in [4.69, 9.17) is 0 Å². The maximum absolute atomic E-state index is 2.50. The van der Waals surface area contributed by atoms with Crippen LogP contribution in [0.2, 0.25) is 0 Å². The number of para-hydroxylation sites is 2. The van der Waals surface area contributed by atoms with Gasteiger partial charge in [-0.25, -0.2) is 0 Å². The molecule has 11 aromatic rings. The van der Waals surface area contributed by atoms with Gasteiger partial charge in [0.25, 0.3) is 0 Å². The van der Waals surface area contributed by atoms with Crippen molar-refractivity contribution < 1.29 is 0 Å². The van der Waals surface area contributed by atoms with E-state index in [1.54, 1.807) is 0 Å². The molecule has 0 saturated carbocycles. The number of benzene rings is 9. The fraction of sp³-hybridized carbons (Fsp3) is 0.0182. The second-order valence-corrected chi connectivity index (χ2v) is 16.7. The van der Waals surface area contributed by atoms with E-state index >= 15 is 0 Å². The topological polar surface area (TPSA) is 8.17 Å². The molecule has 1 spiro atoms. The second-order valence-electron chi connectivity index (χ2n) is 15.6. The molecular weight excluding hydrogens is 721 g/mol. The Labute approximate surface area is 340 Å². The van der Waals surface area contributed by atoms with E-state index in [9.17, 15) is 0 Å². The van der Waals surface area contributed by atoms with Gasteiger partial charge in [0, 0.05) is 53.7 Å². The molecule has 2 aromatic heterocycles. The molecule has 13 rings (SSSR count). The summed E-state index contributed by atoms with van der Waals surface area (Å²) >= 11 is 1.86. The fourth-order valence-electron chi connectivity index (χ4n) is 10.5. The molecule has 0 radical (unpaired) electrons. The highest BCUT2D eigenvalue weighted by Gasteiger charge is 2.51. The van der Waals surface area contributed by atoms with E-state index in [1.807, 2.05) is 11.3 Å². The lowest BCUT2D eigenvalue weighted by atomic mass is 9.70. The molecule has 0 bridgehead atoms. The molecular formula is C55H34N2S. The van der Waals surface area contributed by atoms with Crippen LogP contribution in [0.3, 0.4) is 0 Å². The lowest BCUT2D eigenvalue weighted by Gasteiger charge is -2.32. The van der Waals surface area contributed by atoms with E-state index in [-0.39, 0.29) is 0 Å².